The van der Waals surface area contributed by atoms with E-state index in [1.165, 1.54) is 0 Å². The Hall–Kier alpha value is -2.29. The number of aliphatic hydroxyl groups excluding tert-OH is 1. The van der Waals surface area contributed by atoms with Crippen LogP contribution in [0.15, 0.2) is 4.79 Å². The average Bonchev–Trinajstić information content (AvgIpc) is 2.43. The van der Waals surface area contributed by atoms with Crippen molar-refractivity contribution in [1.29, 1.82) is 0 Å². The second kappa shape index (κ2) is 6.07. The number of nitrogens with two attached hydrogens (primary N) is 1. The van der Waals surface area contributed by atoms with Crippen molar-refractivity contribution in [2.75, 3.05) is 22.5 Å². The Kier molecular flexibility index (Phi) is 4.51. The number of aromatic amines is 1. The van der Waals surface area contributed by atoms with Crippen LogP contribution in [-0.2, 0) is 4.74 Å². The monoisotopic (exact) mass is 325 g/mol. The predicted octanol–water partition coefficient (Wildman–Crippen LogP) is 0.659. The molecular weight excluding hydrogens is 302 g/mol. The number of anilines is 3. The van der Waals surface area contributed by atoms with E-state index in [4.69, 9.17) is 10.5 Å². The van der Waals surface area contributed by atoms with E-state index in [9.17, 15) is 14.7 Å². The zero-order valence-electron chi connectivity index (χ0n) is 13.7. The Bertz CT molecular complexity index is 652. The van der Waals surface area contributed by atoms with Crippen LogP contribution in [0.5, 0.6) is 0 Å². The second-order valence-corrected chi connectivity index (χ2v) is 6.42. The van der Waals surface area contributed by atoms with E-state index in [2.05, 4.69) is 15.3 Å². The summed E-state index contributed by atoms with van der Waals surface area (Å²) in [5, 5.41) is 13.2. The average molecular weight is 325 g/mol. The molecule has 1 unspecified atom stereocenters. The van der Waals surface area contributed by atoms with Gasteiger partial charge < -0.3 is 20.9 Å². The first-order valence-electron chi connectivity index (χ1n) is 7.48. The van der Waals surface area contributed by atoms with Gasteiger partial charge in [0.1, 0.15) is 5.60 Å². The molecule has 2 heterocycles. The number of ether oxygens (including phenoxy) is 1. The largest absolute Gasteiger partial charge is 0.443 e. The van der Waals surface area contributed by atoms with Gasteiger partial charge in [-0.2, -0.15) is 4.98 Å². The van der Waals surface area contributed by atoms with Crippen LogP contribution in [0.4, 0.5) is 22.2 Å². The number of hydrogen-bond donors (Lipinski definition) is 4. The third-order valence-corrected chi connectivity index (χ3v) is 3.42. The van der Waals surface area contributed by atoms with Crippen molar-refractivity contribution in [2.45, 2.75) is 51.9 Å². The highest BCUT2D eigenvalue weighted by Crippen LogP contribution is 2.30. The van der Waals surface area contributed by atoms with Gasteiger partial charge in [-0.15, -0.1) is 0 Å². The Morgan fingerprint density at radius 1 is 1.57 bits per heavy atom. The van der Waals surface area contributed by atoms with Crippen LogP contribution < -0.4 is 21.5 Å². The van der Waals surface area contributed by atoms with E-state index >= 15 is 0 Å². The minimum absolute atomic E-state index is 0.00259. The maximum atomic E-state index is 12.6. The number of aromatic nitrogens is 2. The van der Waals surface area contributed by atoms with Crippen molar-refractivity contribution in [2.24, 2.45) is 0 Å². The first-order chi connectivity index (χ1) is 10.6. The smallest absolute Gasteiger partial charge is 0.415 e. The van der Waals surface area contributed by atoms with Crippen molar-refractivity contribution in [3.05, 3.63) is 10.4 Å². The quantitative estimate of drug-likeness (QED) is 0.627. The standard InChI is InChI=1S/C14H23N5O4/c1-5-8(20)7-6-16-10-9(11(21)18-12(15)17-10)19(7)13(22)23-14(2,3)4/h7-8,20H,5-6H2,1-4H3,(H4,15,16,17,18,21)/t7?,8-/m0/s1. The fourth-order valence-corrected chi connectivity index (χ4v) is 2.41. The van der Waals surface area contributed by atoms with E-state index < -0.39 is 29.4 Å². The molecule has 9 nitrogen and oxygen atoms in total. The summed E-state index contributed by atoms with van der Waals surface area (Å²) in [5.74, 6) is 0.136. The molecule has 2 rings (SSSR count). The molecule has 0 saturated carbocycles. The molecule has 1 aromatic rings. The summed E-state index contributed by atoms with van der Waals surface area (Å²) in [7, 11) is 0. The molecule has 0 fully saturated rings. The van der Waals surface area contributed by atoms with E-state index in [1.54, 1.807) is 27.7 Å². The fourth-order valence-electron chi connectivity index (χ4n) is 2.41. The zero-order chi connectivity index (χ0) is 17.4. The molecule has 0 aromatic carbocycles. The molecule has 2 atom stereocenters. The molecule has 23 heavy (non-hydrogen) atoms. The summed E-state index contributed by atoms with van der Waals surface area (Å²) < 4.78 is 5.38. The number of carbonyl (C=O) groups excluding carboxylic acids is 1. The molecule has 9 heteroatoms. The van der Waals surface area contributed by atoms with Crippen molar-refractivity contribution in [3.63, 3.8) is 0 Å². The van der Waals surface area contributed by atoms with Gasteiger partial charge in [-0.3, -0.25) is 14.7 Å². The molecule has 1 aliphatic heterocycles. The van der Waals surface area contributed by atoms with Crippen LogP contribution in [0.3, 0.4) is 0 Å². The number of nitrogens with one attached hydrogen (secondary N) is 2. The van der Waals surface area contributed by atoms with Crippen molar-refractivity contribution in [1.82, 2.24) is 9.97 Å². The van der Waals surface area contributed by atoms with Gasteiger partial charge in [0.15, 0.2) is 11.5 Å². The highest BCUT2D eigenvalue weighted by atomic mass is 16.6. The van der Waals surface area contributed by atoms with Crippen molar-refractivity contribution >= 4 is 23.5 Å². The van der Waals surface area contributed by atoms with Gasteiger partial charge in [0.05, 0.1) is 12.1 Å². The topological polar surface area (TPSA) is 134 Å². The Labute approximate surface area is 133 Å². The molecular formula is C14H23N5O4. The Morgan fingerprint density at radius 2 is 2.22 bits per heavy atom. The van der Waals surface area contributed by atoms with Crippen LogP contribution in [0.25, 0.3) is 0 Å². The maximum absolute atomic E-state index is 12.6. The molecule has 1 aliphatic rings. The summed E-state index contributed by atoms with van der Waals surface area (Å²) in [6, 6.07) is -0.645. The fraction of sp³-hybridized carbons (Fsp3) is 0.643. The van der Waals surface area contributed by atoms with Gasteiger partial charge >= 0.3 is 6.09 Å². The lowest BCUT2D eigenvalue weighted by Crippen LogP contribution is -2.56. The number of amides is 1. The minimum Gasteiger partial charge on any atom is -0.443 e. The number of nitrogens with zero attached hydrogens (tertiary/aromatic N) is 2. The molecule has 1 aromatic heterocycles. The van der Waals surface area contributed by atoms with Gasteiger partial charge in [-0.1, -0.05) is 6.92 Å². The van der Waals surface area contributed by atoms with Gasteiger partial charge in [0, 0.05) is 6.54 Å². The molecule has 0 spiro atoms. The SMILES string of the molecule is CC[C@H](O)C1CNc2nc(N)[nH]c(=O)c2N1C(=O)OC(C)(C)C. The third-order valence-electron chi connectivity index (χ3n) is 3.42. The van der Waals surface area contributed by atoms with Crippen LogP contribution in [0.2, 0.25) is 0 Å². The lowest BCUT2D eigenvalue weighted by atomic mass is 10.0. The molecule has 0 bridgehead atoms. The highest BCUT2D eigenvalue weighted by molar-refractivity contribution is 5.93. The number of nitrogen functional groups attached to an aromatic ring is 1. The van der Waals surface area contributed by atoms with E-state index in [1.807, 2.05) is 0 Å². The normalized spacial score (nSPS) is 18.8. The predicted molar refractivity (Wildman–Crippen MR) is 86.6 cm³/mol. The number of aliphatic hydroxyl groups is 1. The molecule has 1 amide bonds. The summed E-state index contributed by atoms with van der Waals surface area (Å²) in [4.78, 5) is 32.4. The zero-order valence-corrected chi connectivity index (χ0v) is 13.7. The number of carbonyl (C=O) groups is 1. The second-order valence-electron chi connectivity index (χ2n) is 6.42. The summed E-state index contributed by atoms with van der Waals surface area (Å²) >= 11 is 0. The molecule has 5 N–H and O–H groups in total. The van der Waals surface area contributed by atoms with Crippen LogP contribution >= 0.6 is 0 Å². The molecule has 128 valence electrons. The minimum atomic E-state index is -0.819. The summed E-state index contributed by atoms with van der Waals surface area (Å²) in [6.45, 7) is 7.20. The lowest BCUT2D eigenvalue weighted by Gasteiger charge is -2.39. The Morgan fingerprint density at radius 3 is 2.78 bits per heavy atom. The van der Waals surface area contributed by atoms with Gasteiger partial charge in [-0.25, -0.2) is 4.79 Å². The van der Waals surface area contributed by atoms with E-state index in [0.717, 1.165) is 4.90 Å². The Balaban J connectivity index is 2.52. The molecule has 0 saturated heterocycles. The number of fused-ring (bicyclic) bond motifs is 1. The summed E-state index contributed by atoms with van der Waals surface area (Å²) in [5.41, 5.74) is 4.22. The molecule has 0 radical (unpaired) electrons. The van der Waals surface area contributed by atoms with E-state index in [-0.39, 0.29) is 24.0 Å². The van der Waals surface area contributed by atoms with Crippen LogP contribution in [-0.4, -0.2) is 45.5 Å². The van der Waals surface area contributed by atoms with Crippen LogP contribution in [0, 0.1) is 0 Å². The van der Waals surface area contributed by atoms with Gasteiger partial charge in [0.25, 0.3) is 5.56 Å². The van der Waals surface area contributed by atoms with Crippen LogP contribution in [0.1, 0.15) is 34.1 Å². The first kappa shape index (κ1) is 17.1. The van der Waals surface area contributed by atoms with Gasteiger partial charge in [0.2, 0.25) is 5.95 Å². The summed E-state index contributed by atoms with van der Waals surface area (Å²) in [6.07, 6.45) is -1.11. The number of H-pyrrole nitrogens is 1. The van der Waals surface area contributed by atoms with Crippen molar-refractivity contribution in [3.8, 4) is 0 Å². The maximum Gasteiger partial charge on any atom is 0.415 e. The molecule has 0 aliphatic carbocycles. The van der Waals surface area contributed by atoms with Crippen molar-refractivity contribution < 1.29 is 14.6 Å². The number of rotatable bonds is 2. The highest BCUT2D eigenvalue weighted by Gasteiger charge is 2.39. The number of hydrogen-bond acceptors (Lipinski definition) is 7. The lowest BCUT2D eigenvalue weighted by molar-refractivity contribution is 0.0510. The third kappa shape index (κ3) is 3.55. The van der Waals surface area contributed by atoms with Gasteiger partial charge in [-0.05, 0) is 27.2 Å². The first-order valence-corrected chi connectivity index (χ1v) is 7.48. The van der Waals surface area contributed by atoms with E-state index in [0.29, 0.717) is 6.42 Å².